The zero-order valence-corrected chi connectivity index (χ0v) is 12.7. The second kappa shape index (κ2) is 7.41. The molecule has 0 radical (unpaired) electrons. The Labute approximate surface area is 130 Å². The van der Waals surface area contributed by atoms with E-state index in [-0.39, 0.29) is 5.69 Å². The van der Waals surface area contributed by atoms with E-state index in [1.54, 1.807) is 18.2 Å². The highest BCUT2D eigenvalue weighted by Crippen LogP contribution is 2.19. The van der Waals surface area contributed by atoms with E-state index in [0.717, 1.165) is 17.8 Å². The number of hydrogen-bond donors (Lipinski definition) is 1. The Morgan fingerprint density at radius 2 is 2.18 bits per heavy atom. The average molecular weight is 318 g/mol. The normalized spacial score (nSPS) is 10.8. The number of nitro groups is 1. The Kier molecular flexibility index (Phi) is 5.31. The highest BCUT2D eigenvalue weighted by molar-refractivity contribution is 7.15. The molecule has 0 saturated heterocycles. The maximum absolute atomic E-state index is 11.8. The van der Waals surface area contributed by atoms with Gasteiger partial charge < -0.3 is 0 Å². The second-order valence-corrected chi connectivity index (χ2v) is 5.45. The first-order valence-electron chi connectivity index (χ1n) is 6.65. The van der Waals surface area contributed by atoms with Crippen molar-refractivity contribution in [3.63, 3.8) is 0 Å². The van der Waals surface area contributed by atoms with Crippen LogP contribution in [0.15, 0.2) is 30.3 Å². The molecule has 22 heavy (non-hydrogen) atoms. The van der Waals surface area contributed by atoms with Crippen LogP contribution in [0.5, 0.6) is 0 Å². The number of carbonyl (C=O) groups is 1. The molecule has 0 spiro atoms. The van der Waals surface area contributed by atoms with Crippen LogP contribution >= 0.6 is 11.3 Å². The van der Waals surface area contributed by atoms with E-state index in [1.807, 2.05) is 6.92 Å². The molecule has 1 aromatic carbocycles. The number of para-hydroxylation sites is 1. The van der Waals surface area contributed by atoms with Gasteiger partial charge in [-0.3, -0.25) is 20.2 Å². The van der Waals surface area contributed by atoms with Crippen LogP contribution in [0, 0.1) is 10.1 Å². The number of nitrogens with one attached hydrogen (secondary N) is 1. The third kappa shape index (κ3) is 4.19. The number of nitrogens with zero attached hydrogens (tertiary/aromatic N) is 3. The van der Waals surface area contributed by atoms with Crippen molar-refractivity contribution in [2.45, 2.75) is 19.8 Å². The molecule has 2 rings (SSSR count). The Morgan fingerprint density at radius 1 is 1.41 bits per heavy atom. The lowest BCUT2D eigenvalue weighted by Gasteiger charge is -1.97. The van der Waals surface area contributed by atoms with E-state index in [0.29, 0.717) is 10.7 Å². The number of nitro benzene ring substituents is 1. The minimum Gasteiger partial charge on any atom is -0.297 e. The summed E-state index contributed by atoms with van der Waals surface area (Å²) in [5, 5.41) is 22.6. The van der Waals surface area contributed by atoms with E-state index in [2.05, 4.69) is 15.5 Å². The fourth-order valence-corrected chi connectivity index (χ4v) is 2.57. The quantitative estimate of drug-likeness (QED) is 0.501. The van der Waals surface area contributed by atoms with Gasteiger partial charge in [-0.15, -0.1) is 10.2 Å². The molecule has 1 N–H and O–H groups in total. The van der Waals surface area contributed by atoms with Crippen LogP contribution < -0.4 is 5.32 Å². The van der Waals surface area contributed by atoms with Crippen LogP contribution in [-0.2, 0) is 11.2 Å². The van der Waals surface area contributed by atoms with E-state index in [9.17, 15) is 14.9 Å². The summed E-state index contributed by atoms with van der Waals surface area (Å²) in [4.78, 5) is 22.2. The maximum Gasteiger partial charge on any atom is 0.276 e. The molecule has 0 aliphatic carbocycles. The lowest BCUT2D eigenvalue weighted by Crippen LogP contribution is -2.07. The zero-order chi connectivity index (χ0) is 15.9. The predicted molar refractivity (Wildman–Crippen MR) is 84.7 cm³/mol. The topological polar surface area (TPSA) is 98.0 Å². The molecule has 0 fully saturated rings. The van der Waals surface area contributed by atoms with Gasteiger partial charge in [0.25, 0.3) is 5.69 Å². The molecule has 1 amide bonds. The number of rotatable bonds is 6. The van der Waals surface area contributed by atoms with Gasteiger partial charge in [0.2, 0.25) is 11.0 Å². The number of aromatic nitrogens is 2. The van der Waals surface area contributed by atoms with Gasteiger partial charge in [-0.05, 0) is 18.6 Å². The number of aryl methyl sites for hydroxylation is 1. The maximum atomic E-state index is 11.8. The van der Waals surface area contributed by atoms with Crippen LogP contribution in [-0.4, -0.2) is 21.0 Å². The van der Waals surface area contributed by atoms with Crippen LogP contribution in [0.25, 0.3) is 6.08 Å². The van der Waals surface area contributed by atoms with Crippen molar-refractivity contribution in [3.8, 4) is 0 Å². The summed E-state index contributed by atoms with van der Waals surface area (Å²) < 4.78 is 0. The van der Waals surface area contributed by atoms with Gasteiger partial charge in [-0.25, -0.2) is 0 Å². The van der Waals surface area contributed by atoms with Crippen LogP contribution in [0.3, 0.4) is 0 Å². The number of amides is 1. The molecule has 2 aromatic rings. The molecule has 0 atom stereocenters. The number of carbonyl (C=O) groups excluding carboxylic acids is 1. The third-order valence-electron chi connectivity index (χ3n) is 2.71. The summed E-state index contributed by atoms with van der Waals surface area (Å²) in [6, 6.07) is 6.21. The summed E-state index contributed by atoms with van der Waals surface area (Å²) in [7, 11) is 0. The first-order chi connectivity index (χ1) is 10.6. The monoisotopic (exact) mass is 318 g/mol. The Bertz CT molecular complexity index is 712. The molecule has 0 saturated carbocycles. The van der Waals surface area contributed by atoms with Crippen LogP contribution in [0.2, 0.25) is 0 Å². The van der Waals surface area contributed by atoms with Gasteiger partial charge in [0.15, 0.2) is 0 Å². The second-order valence-electron chi connectivity index (χ2n) is 4.39. The largest absolute Gasteiger partial charge is 0.297 e. The van der Waals surface area contributed by atoms with Crippen molar-refractivity contribution in [3.05, 3.63) is 51.0 Å². The van der Waals surface area contributed by atoms with Gasteiger partial charge in [-0.2, -0.15) is 0 Å². The number of anilines is 1. The summed E-state index contributed by atoms with van der Waals surface area (Å²) in [6.45, 7) is 2.04. The summed E-state index contributed by atoms with van der Waals surface area (Å²) >= 11 is 1.32. The van der Waals surface area contributed by atoms with E-state index in [1.165, 1.54) is 29.6 Å². The smallest absolute Gasteiger partial charge is 0.276 e. The predicted octanol–water partition coefficient (Wildman–Crippen LogP) is 3.05. The highest BCUT2D eigenvalue weighted by Gasteiger charge is 2.10. The Hall–Kier alpha value is -2.61. The molecule has 1 heterocycles. The summed E-state index contributed by atoms with van der Waals surface area (Å²) in [5.41, 5.74) is 0.319. The van der Waals surface area contributed by atoms with Crippen molar-refractivity contribution in [1.82, 2.24) is 10.2 Å². The van der Waals surface area contributed by atoms with E-state index >= 15 is 0 Å². The molecule has 0 aliphatic rings. The summed E-state index contributed by atoms with van der Waals surface area (Å²) in [5.74, 6) is -0.405. The number of benzene rings is 1. The van der Waals surface area contributed by atoms with Crippen molar-refractivity contribution in [1.29, 1.82) is 0 Å². The SMILES string of the molecule is CCCc1nnc(NC(=O)/C=C/c2ccccc2[N+](=O)[O-])s1. The first kappa shape index (κ1) is 15.8. The van der Waals surface area contributed by atoms with Crippen molar-refractivity contribution in [2.24, 2.45) is 0 Å². The molecule has 7 nitrogen and oxygen atoms in total. The van der Waals surface area contributed by atoms with Crippen molar-refractivity contribution < 1.29 is 9.72 Å². The molecule has 1 aromatic heterocycles. The van der Waals surface area contributed by atoms with E-state index < -0.39 is 10.8 Å². The molecule has 0 unspecified atom stereocenters. The fourth-order valence-electron chi connectivity index (χ4n) is 1.73. The number of hydrogen-bond acceptors (Lipinski definition) is 6. The molecule has 8 heteroatoms. The summed E-state index contributed by atoms with van der Waals surface area (Å²) in [6.07, 6.45) is 4.42. The molecule has 0 aliphatic heterocycles. The van der Waals surface area contributed by atoms with Crippen molar-refractivity contribution in [2.75, 3.05) is 5.32 Å². The minimum atomic E-state index is -0.487. The molecular formula is C14H14N4O3S. The fraction of sp³-hybridized carbons (Fsp3) is 0.214. The van der Waals surface area contributed by atoms with Gasteiger partial charge in [0, 0.05) is 18.6 Å². The molecule has 114 valence electrons. The third-order valence-corrected chi connectivity index (χ3v) is 3.61. The first-order valence-corrected chi connectivity index (χ1v) is 7.46. The van der Waals surface area contributed by atoms with Crippen molar-refractivity contribution >= 4 is 34.1 Å². The van der Waals surface area contributed by atoms with Crippen LogP contribution in [0.1, 0.15) is 23.9 Å². The lowest BCUT2D eigenvalue weighted by atomic mass is 10.1. The minimum absolute atomic E-state index is 0.0484. The molecular weight excluding hydrogens is 304 g/mol. The zero-order valence-electron chi connectivity index (χ0n) is 11.9. The Morgan fingerprint density at radius 3 is 2.91 bits per heavy atom. The van der Waals surface area contributed by atoms with Gasteiger partial charge in [-0.1, -0.05) is 30.4 Å². The lowest BCUT2D eigenvalue weighted by molar-refractivity contribution is -0.385. The van der Waals surface area contributed by atoms with E-state index in [4.69, 9.17) is 0 Å². The standard InChI is InChI=1S/C14H14N4O3S/c1-2-5-13-16-17-14(22-13)15-12(19)9-8-10-6-3-4-7-11(10)18(20)21/h3-4,6-9H,2,5H2,1H3,(H,15,17,19)/b9-8+. The molecule has 0 bridgehead atoms. The Balaban J connectivity index is 2.03. The van der Waals surface area contributed by atoms with Crippen LogP contribution in [0.4, 0.5) is 10.8 Å². The highest BCUT2D eigenvalue weighted by atomic mass is 32.1. The van der Waals surface area contributed by atoms with Gasteiger partial charge in [0.1, 0.15) is 5.01 Å². The average Bonchev–Trinajstić information content (AvgIpc) is 2.93. The van der Waals surface area contributed by atoms with Gasteiger partial charge in [0.05, 0.1) is 10.5 Å². The van der Waals surface area contributed by atoms with Gasteiger partial charge >= 0.3 is 0 Å².